The molecule has 4 aromatic heterocycles. The van der Waals surface area contributed by atoms with Gasteiger partial charge in [-0.25, -0.2) is 0 Å². The van der Waals surface area contributed by atoms with Crippen LogP contribution in [0.15, 0.2) is 138 Å². The molecule has 0 radical (unpaired) electrons. The van der Waals surface area contributed by atoms with Gasteiger partial charge in [0.15, 0.2) is 0 Å². The van der Waals surface area contributed by atoms with Crippen molar-refractivity contribution >= 4 is 118 Å². The summed E-state index contributed by atoms with van der Waals surface area (Å²) in [6.07, 6.45) is 2.44. The highest BCUT2D eigenvalue weighted by molar-refractivity contribution is 7.87. The van der Waals surface area contributed by atoms with Crippen molar-refractivity contribution in [2.24, 2.45) is 10.2 Å². The van der Waals surface area contributed by atoms with E-state index in [0.717, 1.165) is 24.3 Å². The monoisotopic (exact) mass is 1060 g/mol. The summed E-state index contributed by atoms with van der Waals surface area (Å²) in [4.78, 5) is 0.567. The molecule has 364 valence electrons. The molecule has 4 heterocycles. The Hall–Kier alpha value is -7.45. The molecular weight excluding hydrogens is 1030 g/mol. The zero-order valence-corrected chi connectivity index (χ0v) is 39.9. The summed E-state index contributed by atoms with van der Waals surface area (Å²) in [6, 6.07) is 22.9. The van der Waals surface area contributed by atoms with Crippen LogP contribution in [-0.2, 0) is 50.6 Å². The summed E-state index contributed by atoms with van der Waals surface area (Å²) >= 11 is 0. The minimum Gasteiger partial charge on any atom is -0.494 e. The van der Waals surface area contributed by atoms with Gasteiger partial charge in [0.25, 0.3) is 50.6 Å². The van der Waals surface area contributed by atoms with Crippen LogP contribution in [0.4, 0.5) is 11.4 Å². The Morgan fingerprint density at radius 3 is 1.70 bits per heavy atom. The molecule has 5 N–H and O–H groups in total. The highest BCUT2D eigenvalue weighted by Crippen LogP contribution is 2.41. The molecule has 71 heavy (non-hydrogen) atoms. The van der Waals surface area contributed by atoms with Gasteiger partial charge in [-0.15, -0.1) is 23.3 Å². The Bertz CT molecular complexity index is 4780. The van der Waals surface area contributed by atoms with E-state index in [4.69, 9.17) is 4.74 Å². The van der Waals surface area contributed by atoms with Crippen molar-refractivity contribution < 1.29 is 69.6 Å². The van der Waals surface area contributed by atoms with Crippen molar-refractivity contribution in [2.45, 2.75) is 31.4 Å². The first-order chi connectivity index (χ1) is 33.2. The molecule has 11 aromatic rings. The lowest BCUT2D eigenvalue weighted by molar-refractivity contribution is 0.412. The van der Waals surface area contributed by atoms with Crippen LogP contribution < -0.4 is 4.74 Å². The van der Waals surface area contributed by atoms with Crippen LogP contribution in [0.5, 0.6) is 5.75 Å². The largest absolute Gasteiger partial charge is 0.494 e. The minimum atomic E-state index is -4.94. The van der Waals surface area contributed by atoms with E-state index in [9.17, 15) is 64.9 Å². The van der Waals surface area contributed by atoms with Crippen LogP contribution >= 0.6 is 0 Å². The van der Waals surface area contributed by atoms with Gasteiger partial charge in [0.1, 0.15) is 48.2 Å². The number of fused-ring (bicyclic) bond motifs is 12. The third kappa shape index (κ3) is 7.44. The third-order valence-corrected chi connectivity index (χ3v) is 16.3. The molecule has 0 saturated carbocycles. The average molecular weight is 1060 g/mol. The maximum atomic E-state index is 12.7. The number of aryl methyl sites for hydroxylation is 1. The first-order valence-electron chi connectivity index (χ1n) is 20.2. The van der Waals surface area contributed by atoms with Crippen LogP contribution in [0.25, 0.3) is 67.1 Å². The Morgan fingerprint density at radius 2 is 1.07 bits per heavy atom. The molecule has 0 aliphatic heterocycles. The maximum Gasteiger partial charge on any atom is 0.295 e. The van der Waals surface area contributed by atoms with E-state index in [1.54, 1.807) is 59.3 Å². The molecule has 29 heteroatoms. The van der Waals surface area contributed by atoms with Crippen molar-refractivity contribution in [3.05, 3.63) is 120 Å². The highest BCUT2D eigenvalue weighted by atomic mass is 32.2. The summed E-state index contributed by atoms with van der Waals surface area (Å²) in [5, 5.41) is 9.70. The van der Waals surface area contributed by atoms with E-state index in [2.05, 4.69) is 10.2 Å². The zero-order chi connectivity index (χ0) is 50.6. The summed E-state index contributed by atoms with van der Waals surface area (Å²) in [5.74, 6) is 0.240. The molecule has 0 spiro atoms. The van der Waals surface area contributed by atoms with Gasteiger partial charge in [-0.2, -0.15) is 57.1 Å². The van der Waals surface area contributed by atoms with Crippen LogP contribution in [-0.4, -0.2) is 100 Å². The minimum absolute atomic E-state index is 0.0266. The second-order valence-electron chi connectivity index (χ2n) is 16.2. The molecule has 0 aliphatic rings. The lowest BCUT2D eigenvalue weighted by Crippen LogP contribution is -2.04. The molecule has 7 aromatic carbocycles. The van der Waals surface area contributed by atoms with Crippen molar-refractivity contribution in [1.82, 2.24) is 28.1 Å². The Balaban J connectivity index is 0.891. The number of hydrogen-bond acceptors (Lipinski definition) is 13. The molecule has 0 unspecified atom stereocenters. The number of nitrogens with zero attached hydrogens (tertiary/aromatic N) is 8. The summed E-state index contributed by atoms with van der Waals surface area (Å²) in [7, 11) is -22.5. The number of aromatic nitrogens is 6. The molecule has 0 bridgehead atoms. The number of hydrogen-bond donors (Lipinski definition) is 5. The van der Waals surface area contributed by atoms with Crippen LogP contribution in [0, 0.1) is 6.92 Å². The number of benzene rings is 7. The van der Waals surface area contributed by atoms with Crippen molar-refractivity contribution in [3.63, 3.8) is 0 Å². The van der Waals surface area contributed by atoms with Gasteiger partial charge in [-0.05, 0) is 95.7 Å². The van der Waals surface area contributed by atoms with Crippen LogP contribution in [0.1, 0.15) is 16.7 Å². The second kappa shape index (κ2) is 15.0. The molecule has 0 saturated heterocycles. The third-order valence-electron chi connectivity index (χ3n) is 11.9. The Labute approximate surface area is 399 Å². The number of ether oxygens (including phenoxy) is 1. The highest BCUT2D eigenvalue weighted by Gasteiger charge is 2.32. The summed E-state index contributed by atoms with van der Waals surface area (Å²) in [6.45, 7) is 1.68. The van der Waals surface area contributed by atoms with E-state index < -0.39 is 70.2 Å². The van der Waals surface area contributed by atoms with Crippen molar-refractivity contribution in [2.75, 3.05) is 7.11 Å². The fourth-order valence-corrected chi connectivity index (χ4v) is 11.7. The smallest absolute Gasteiger partial charge is 0.295 e. The predicted octanol–water partition coefficient (Wildman–Crippen LogP) is 6.60. The lowest BCUT2D eigenvalue weighted by Gasteiger charge is -2.09. The van der Waals surface area contributed by atoms with Gasteiger partial charge in [-0.1, -0.05) is 42.5 Å². The molecule has 0 aliphatic carbocycles. The fourth-order valence-electron chi connectivity index (χ4n) is 8.60. The first-order valence-corrected chi connectivity index (χ1v) is 27.4. The predicted molar refractivity (Wildman–Crippen MR) is 253 cm³/mol. The van der Waals surface area contributed by atoms with E-state index in [0.29, 0.717) is 49.8 Å². The second-order valence-corrected chi connectivity index (χ2v) is 23.2. The fraction of sp³-hybridized carbons (Fsp3) is 0.0476. The van der Waals surface area contributed by atoms with Crippen LogP contribution in [0.3, 0.4) is 0 Å². The number of azo groups is 1. The van der Waals surface area contributed by atoms with E-state index in [1.165, 1.54) is 73.9 Å². The van der Waals surface area contributed by atoms with Gasteiger partial charge in [-0.3, -0.25) is 22.8 Å². The van der Waals surface area contributed by atoms with Gasteiger partial charge >= 0.3 is 0 Å². The van der Waals surface area contributed by atoms with Gasteiger partial charge in [0, 0.05) is 22.2 Å². The number of rotatable bonds is 12. The number of methoxy groups -OCH3 is 1. The molecule has 11 rings (SSSR count). The summed E-state index contributed by atoms with van der Waals surface area (Å²) in [5.41, 5.74) is 3.50. The molecular formula is C42H30N8O16S5. The van der Waals surface area contributed by atoms with Crippen molar-refractivity contribution in [1.29, 1.82) is 0 Å². The average Bonchev–Trinajstić information content (AvgIpc) is 4.15. The quantitative estimate of drug-likeness (QED) is 0.0489. The van der Waals surface area contributed by atoms with Gasteiger partial charge in [0.2, 0.25) is 0 Å². The topological polar surface area (TPSA) is 333 Å². The van der Waals surface area contributed by atoms with E-state index in [-0.39, 0.29) is 43.9 Å². The normalized spacial score (nSPS) is 13.7. The zero-order valence-electron chi connectivity index (χ0n) is 35.8. The van der Waals surface area contributed by atoms with Gasteiger partial charge in [0.05, 0.1) is 34.0 Å². The van der Waals surface area contributed by atoms with Crippen LogP contribution in [0.2, 0.25) is 0 Å². The molecule has 0 fully saturated rings. The van der Waals surface area contributed by atoms with E-state index >= 15 is 0 Å². The Morgan fingerprint density at radius 1 is 0.493 bits per heavy atom. The molecule has 0 atom stereocenters. The lowest BCUT2D eigenvalue weighted by atomic mass is 10.1. The summed E-state index contributed by atoms with van der Waals surface area (Å²) < 4.78 is 185. The first kappa shape index (κ1) is 46.0. The molecule has 24 nitrogen and oxygen atoms in total. The SMILES string of the molecule is COc1cc(N=Nc2ccc(C=Cc3ccc(-n4n5c6ccc7cc(S(=O)(=O)O)ccc7c6n45)cc3S(=O)(=O)O)c(S(=O)(=O)O)c2)c(C)cc1-n1n2c3cc(S(=O)(=O)O)c4cc(S(=O)(=O)O)ccc4c3n12. The van der Waals surface area contributed by atoms with Gasteiger partial charge < -0.3 is 4.74 Å². The van der Waals surface area contributed by atoms with E-state index in [1.807, 2.05) is 0 Å². The Kier molecular flexibility index (Phi) is 9.73. The van der Waals surface area contributed by atoms with Crippen molar-refractivity contribution in [3.8, 4) is 17.1 Å². The maximum absolute atomic E-state index is 12.7. The molecule has 0 amide bonds. The standard InChI is InChI=1S/C42H30N8O16S5/c1-22-15-35(47-48-36-21-40(71(63,64)65)32-19-29(68(54,55)56)11-13-31(32)42(36)50(47)48)37(66-2)20-33(22)44-43-26-8-5-23(38(17-26)69(57,58)59)3-4-24-6-9-27(18-39(24)70(60,61)62)45-46-34-14-7-25-16-28(67(51,52)53)10-12-30(25)41(34)49(45)46/h3-21H,1-2H3,(H,51,52,53)(H,54,55,56)(H,57,58,59)(H,60,61,62)(H,63,64,65).